The summed E-state index contributed by atoms with van der Waals surface area (Å²) in [4.78, 5) is 4.05. The van der Waals surface area contributed by atoms with Crippen LogP contribution in [0.5, 0.6) is 0 Å². The minimum absolute atomic E-state index is 0.529. The maximum absolute atomic E-state index is 10.2. The first-order valence-corrected chi connectivity index (χ1v) is 5.66. The van der Waals surface area contributed by atoms with Gasteiger partial charge in [0.2, 0.25) is 0 Å². The average molecular weight is 231 g/mol. The summed E-state index contributed by atoms with van der Waals surface area (Å²) in [5.74, 6) is 0. The fraction of sp³-hybridized carbons (Fsp3) is 0.385. The summed E-state index contributed by atoms with van der Waals surface area (Å²) in [7, 11) is 1.89. The summed E-state index contributed by atoms with van der Waals surface area (Å²) < 4.78 is 1.81. The zero-order valence-corrected chi connectivity index (χ0v) is 10.4. The second-order valence-corrected chi connectivity index (χ2v) is 4.35. The average Bonchev–Trinajstić information content (AvgIpc) is 2.58. The van der Waals surface area contributed by atoms with E-state index in [2.05, 4.69) is 10.1 Å². The summed E-state index contributed by atoms with van der Waals surface area (Å²) in [6, 6.07) is 3.90. The van der Waals surface area contributed by atoms with Gasteiger partial charge in [-0.3, -0.25) is 9.67 Å². The van der Waals surface area contributed by atoms with Crippen LogP contribution in [0, 0.1) is 13.8 Å². The maximum atomic E-state index is 10.2. The predicted octanol–water partition coefficient (Wildman–Crippen LogP) is 1.71. The second-order valence-electron chi connectivity index (χ2n) is 4.35. The van der Waals surface area contributed by atoms with E-state index in [1.54, 1.807) is 12.4 Å². The molecule has 2 aromatic rings. The van der Waals surface area contributed by atoms with Crippen LogP contribution in [0.1, 0.15) is 28.6 Å². The van der Waals surface area contributed by atoms with Crippen LogP contribution in [0.3, 0.4) is 0 Å². The SMILES string of the molecule is Cc1cc(CC(O)c2cnccc2C)n(C)n1. The molecule has 2 rings (SSSR count). The van der Waals surface area contributed by atoms with Crippen molar-refractivity contribution < 1.29 is 5.11 Å². The van der Waals surface area contributed by atoms with Crippen molar-refractivity contribution in [3.05, 3.63) is 47.0 Å². The van der Waals surface area contributed by atoms with Crippen molar-refractivity contribution in [3.63, 3.8) is 0 Å². The highest BCUT2D eigenvalue weighted by molar-refractivity contribution is 5.25. The second kappa shape index (κ2) is 4.67. The molecule has 0 aromatic carbocycles. The summed E-state index contributed by atoms with van der Waals surface area (Å²) in [6.07, 6.45) is 3.49. The summed E-state index contributed by atoms with van der Waals surface area (Å²) in [5.41, 5.74) is 3.94. The van der Waals surface area contributed by atoms with Crippen molar-refractivity contribution in [1.82, 2.24) is 14.8 Å². The van der Waals surface area contributed by atoms with E-state index < -0.39 is 6.10 Å². The summed E-state index contributed by atoms with van der Waals surface area (Å²) >= 11 is 0. The van der Waals surface area contributed by atoms with E-state index in [0.29, 0.717) is 6.42 Å². The first-order valence-electron chi connectivity index (χ1n) is 5.66. The van der Waals surface area contributed by atoms with Crippen LogP contribution in [0.4, 0.5) is 0 Å². The molecule has 0 fully saturated rings. The molecular formula is C13H17N3O. The van der Waals surface area contributed by atoms with Gasteiger partial charge in [0.05, 0.1) is 11.8 Å². The fourth-order valence-electron chi connectivity index (χ4n) is 1.99. The molecule has 1 atom stereocenters. The van der Waals surface area contributed by atoms with Gasteiger partial charge in [0.1, 0.15) is 0 Å². The molecule has 0 amide bonds. The summed E-state index contributed by atoms with van der Waals surface area (Å²) in [6.45, 7) is 3.93. The van der Waals surface area contributed by atoms with Crippen LogP contribution in [-0.2, 0) is 13.5 Å². The molecular weight excluding hydrogens is 214 g/mol. The van der Waals surface area contributed by atoms with Gasteiger partial charge in [0.15, 0.2) is 0 Å². The minimum atomic E-state index is -0.529. The van der Waals surface area contributed by atoms with Gasteiger partial charge < -0.3 is 5.11 Å². The van der Waals surface area contributed by atoms with E-state index in [1.165, 1.54) is 0 Å². The molecule has 0 bridgehead atoms. The van der Waals surface area contributed by atoms with Gasteiger partial charge in [-0.2, -0.15) is 5.10 Å². The first-order chi connectivity index (χ1) is 8.08. The smallest absolute Gasteiger partial charge is 0.0862 e. The Hall–Kier alpha value is -1.68. The van der Waals surface area contributed by atoms with Gasteiger partial charge in [0.25, 0.3) is 0 Å². The molecule has 0 aliphatic carbocycles. The van der Waals surface area contributed by atoms with Crippen LogP contribution in [-0.4, -0.2) is 19.9 Å². The molecule has 4 heteroatoms. The topological polar surface area (TPSA) is 50.9 Å². The third-order valence-electron chi connectivity index (χ3n) is 2.94. The van der Waals surface area contributed by atoms with Crippen molar-refractivity contribution in [3.8, 4) is 0 Å². The van der Waals surface area contributed by atoms with E-state index in [-0.39, 0.29) is 0 Å². The highest BCUT2D eigenvalue weighted by Crippen LogP contribution is 2.20. The van der Waals surface area contributed by atoms with E-state index in [4.69, 9.17) is 0 Å². The molecule has 0 aliphatic rings. The Morgan fingerprint density at radius 3 is 2.76 bits per heavy atom. The van der Waals surface area contributed by atoms with Crippen molar-refractivity contribution in [1.29, 1.82) is 0 Å². The lowest BCUT2D eigenvalue weighted by Crippen LogP contribution is -2.08. The van der Waals surface area contributed by atoms with E-state index >= 15 is 0 Å². The molecule has 0 radical (unpaired) electrons. The minimum Gasteiger partial charge on any atom is -0.388 e. The number of rotatable bonds is 3. The Labute approximate surface area is 101 Å². The standard InChI is InChI=1S/C13H17N3O/c1-9-4-5-14-8-12(9)13(17)7-11-6-10(2)15-16(11)3/h4-6,8,13,17H,7H2,1-3H3. The number of hydrogen-bond donors (Lipinski definition) is 1. The Morgan fingerprint density at radius 1 is 1.41 bits per heavy atom. The van der Waals surface area contributed by atoms with Gasteiger partial charge in [-0.25, -0.2) is 0 Å². The van der Waals surface area contributed by atoms with Crippen molar-refractivity contribution in [2.45, 2.75) is 26.4 Å². The number of hydrogen-bond acceptors (Lipinski definition) is 3. The lowest BCUT2D eigenvalue weighted by atomic mass is 10.0. The quantitative estimate of drug-likeness (QED) is 0.874. The molecule has 0 saturated carbocycles. The molecule has 90 valence electrons. The number of nitrogens with zero attached hydrogens (tertiary/aromatic N) is 3. The molecule has 17 heavy (non-hydrogen) atoms. The molecule has 0 saturated heterocycles. The van der Waals surface area contributed by atoms with Crippen molar-refractivity contribution >= 4 is 0 Å². The monoisotopic (exact) mass is 231 g/mol. The number of aromatic nitrogens is 3. The van der Waals surface area contributed by atoms with Crippen LogP contribution >= 0.6 is 0 Å². The molecule has 2 aromatic heterocycles. The van der Waals surface area contributed by atoms with Crippen LogP contribution in [0.2, 0.25) is 0 Å². The molecule has 0 aliphatic heterocycles. The molecule has 1 unspecified atom stereocenters. The van der Waals surface area contributed by atoms with Crippen molar-refractivity contribution in [2.24, 2.45) is 7.05 Å². The predicted molar refractivity (Wildman–Crippen MR) is 65.6 cm³/mol. The molecule has 4 nitrogen and oxygen atoms in total. The molecule has 2 heterocycles. The van der Waals surface area contributed by atoms with Crippen LogP contribution in [0.15, 0.2) is 24.5 Å². The Morgan fingerprint density at radius 2 is 2.18 bits per heavy atom. The lowest BCUT2D eigenvalue weighted by Gasteiger charge is -2.12. The number of pyridine rings is 1. The largest absolute Gasteiger partial charge is 0.388 e. The van der Waals surface area contributed by atoms with E-state index in [0.717, 1.165) is 22.5 Å². The number of aryl methyl sites for hydroxylation is 3. The van der Waals surface area contributed by atoms with Gasteiger partial charge in [0, 0.05) is 37.1 Å². The summed E-state index contributed by atoms with van der Waals surface area (Å²) in [5, 5.41) is 14.5. The third-order valence-corrected chi connectivity index (χ3v) is 2.94. The maximum Gasteiger partial charge on any atom is 0.0862 e. The highest BCUT2D eigenvalue weighted by Gasteiger charge is 2.13. The third kappa shape index (κ3) is 2.53. The van der Waals surface area contributed by atoms with Crippen molar-refractivity contribution in [2.75, 3.05) is 0 Å². The molecule has 1 N–H and O–H groups in total. The fourth-order valence-corrected chi connectivity index (χ4v) is 1.99. The first kappa shape index (κ1) is 11.8. The number of aliphatic hydroxyl groups excluding tert-OH is 1. The van der Waals surface area contributed by atoms with Gasteiger partial charge in [-0.1, -0.05) is 0 Å². The highest BCUT2D eigenvalue weighted by atomic mass is 16.3. The van der Waals surface area contributed by atoms with E-state index in [1.807, 2.05) is 37.7 Å². The zero-order chi connectivity index (χ0) is 12.4. The zero-order valence-electron chi connectivity index (χ0n) is 10.4. The molecule has 0 spiro atoms. The van der Waals surface area contributed by atoms with E-state index in [9.17, 15) is 5.11 Å². The normalized spacial score (nSPS) is 12.7. The van der Waals surface area contributed by atoms with Crippen LogP contribution in [0.25, 0.3) is 0 Å². The van der Waals surface area contributed by atoms with Crippen LogP contribution < -0.4 is 0 Å². The number of aliphatic hydroxyl groups is 1. The van der Waals surface area contributed by atoms with Gasteiger partial charge in [-0.15, -0.1) is 0 Å². The Bertz CT molecular complexity index is 519. The van der Waals surface area contributed by atoms with Gasteiger partial charge in [-0.05, 0) is 31.5 Å². The Kier molecular flexibility index (Phi) is 3.24. The Balaban J connectivity index is 2.20. The lowest BCUT2D eigenvalue weighted by molar-refractivity contribution is 0.174. The van der Waals surface area contributed by atoms with Gasteiger partial charge >= 0.3 is 0 Å².